The highest BCUT2D eigenvalue weighted by molar-refractivity contribution is 5.69. The Bertz CT molecular complexity index is 372. The van der Waals surface area contributed by atoms with Gasteiger partial charge in [-0.15, -0.1) is 0 Å². The zero-order chi connectivity index (χ0) is 15.2. The molecule has 0 aromatic heterocycles. The van der Waals surface area contributed by atoms with Gasteiger partial charge in [-0.1, -0.05) is 13.0 Å². The summed E-state index contributed by atoms with van der Waals surface area (Å²) in [6, 6.07) is 0. The fraction of sp³-hybridized carbons (Fsp3) is 0.733. The van der Waals surface area contributed by atoms with Crippen molar-refractivity contribution in [3.05, 3.63) is 12.2 Å². The first-order chi connectivity index (χ1) is 9.31. The molecule has 20 heavy (non-hydrogen) atoms. The van der Waals surface area contributed by atoms with E-state index in [0.717, 1.165) is 0 Å². The number of ether oxygens (including phenoxy) is 2. The molecular weight excluding hydrogens is 260 g/mol. The topological polar surface area (TPSA) is 72.8 Å². The van der Waals surface area contributed by atoms with E-state index in [2.05, 4.69) is 0 Å². The molecule has 0 amide bonds. The summed E-state index contributed by atoms with van der Waals surface area (Å²) >= 11 is 0. The minimum atomic E-state index is -1.13. The Kier molecular flexibility index (Phi) is 6.20. The van der Waals surface area contributed by atoms with Crippen molar-refractivity contribution >= 4 is 11.9 Å². The van der Waals surface area contributed by atoms with Crippen LogP contribution in [0.2, 0.25) is 0 Å². The van der Waals surface area contributed by atoms with Crippen LogP contribution in [-0.2, 0) is 19.1 Å². The van der Waals surface area contributed by atoms with Crippen LogP contribution >= 0.6 is 0 Å². The molecule has 1 N–H and O–H groups in total. The third kappa shape index (κ3) is 5.74. The van der Waals surface area contributed by atoms with Crippen LogP contribution in [0, 0.1) is 5.92 Å². The minimum absolute atomic E-state index is 0.00670. The summed E-state index contributed by atoms with van der Waals surface area (Å²) in [6.45, 7) is 5.17. The molecule has 0 aromatic rings. The molecule has 1 aliphatic heterocycles. The number of rotatable bonds is 1. The predicted octanol–water partition coefficient (Wildman–Crippen LogP) is 1.98. The number of esters is 2. The molecule has 0 fully saturated rings. The fourth-order valence-corrected chi connectivity index (χ4v) is 2.09. The SMILES string of the molecule is CC(=O)OC1/C=C\C(C)COC(=O)CCCCC1(C)O. The van der Waals surface area contributed by atoms with Gasteiger partial charge in [0.2, 0.25) is 0 Å². The molecule has 5 nitrogen and oxygen atoms in total. The molecule has 0 saturated heterocycles. The van der Waals surface area contributed by atoms with Crippen LogP contribution in [0.5, 0.6) is 0 Å². The van der Waals surface area contributed by atoms with Gasteiger partial charge in [0.15, 0.2) is 0 Å². The average molecular weight is 284 g/mol. The van der Waals surface area contributed by atoms with E-state index in [9.17, 15) is 14.7 Å². The summed E-state index contributed by atoms with van der Waals surface area (Å²) in [5, 5.41) is 10.5. The van der Waals surface area contributed by atoms with Gasteiger partial charge in [0, 0.05) is 19.3 Å². The minimum Gasteiger partial charge on any atom is -0.465 e. The lowest BCUT2D eigenvalue weighted by Crippen LogP contribution is -2.41. The summed E-state index contributed by atoms with van der Waals surface area (Å²) in [4.78, 5) is 22.6. The Hall–Kier alpha value is -1.36. The summed E-state index contributed by atoms with van der Waals surface area (Å²) in [5.41, 5.74) is -1.13. The van der Waals surface area contributed by atoms with Gasteiger partial charge < -0.3 is 14.6 Å². The van der Waals surface area contributed by atoms with Crippen molar-refractivity contribution in [3.8, 4) is 0 Å². The van der Waals surface area contributed by atoms with Crippen LogP contribution in [0.4, 0.5) is 0 Å². The average Bonchev–Trinajstić information content (AvgIpc) is 2.35. The van der Waals surface area contributed by atoms with Gasteiger partial charge in [0.25, 0.3) is 0 Å². The van der Waals surface area contributed by atoms with Gasteiger partial charge in [-0.3, -0.25) is 9.59 Å². The molecular formula is C15H24O5. The molecule has 0 saturated carbocycles. The fourth-order valence-electron chi connectivity index (χ4n) is 2.09. The quantitative estimate of drug-likeness (QED) is 0.589. The monoisotopic (exact) mass is 284 g/mol. The van der Waals surface area contributed by atoms with Crippen molar-refractivity contribution in [1.82, 2.24) is 0 Å². The van der Waals surface area contributed by atoms with Crippen molar-refractivity contribution in [3.63, 3.8) is 0 Å². The second-order valence-electron chi connectivity index (χ2n) is 5.64. The van der Waals surface area contributed by atoms with Crippen LogP contribution in [0.25, 0.3) is 0 Å². The van der Waals surface area contributed by atoms with Gasteiger partial charge in [0.1, 0.15) is 11.7 Å². The first-order valence-corrected chi connectivity index (χ1v) is 7.05. The summed E-state index contributed by atoms with van der Waals surface area (Å²) in [5.74, 6) is -0.625. The number of hydrogen-bond acceptors (Lipinski definition) is 5. The maximum Gasteiger partial charge on any atom is 0.305 e. The van der Waals surface area contributed by atoms with E-state index in [1.54, 1.807) is 19.1 Å². The van der Waals surface area contributed by atoms with Crippen molar-refractivity contribution in [1.29, 1.82) is 0 Å². The molecule has 0 aromatic carbocycles. The van der Waals surface area contributed by atoms with Crippen molar-refractivity contribution in [2.24, 2.45) is 5.92 Å². The molecule has 5 heteroatoms. The van der Waals surface area contributed by atoms with E-state index in [1.165, 1.54) is 6.92 Å². The third-order valence-corrected chi connectivity index (χ3v) is 3.34. The van der Waals surface area contributed by atoms with Crippen LogP contribution < -0.4 is 0 Å². The number of hydrogen-bond donors (Lipinski definition) is 1. The Balaban J connectivity index is 2.85. The Morgan fingerprint density at radius 1 is 1.45 bits per heavy atom. The number of carbonyl (C=O) groups is 2. The molecule has 1 aliphatic rings. The zero-order valence-electron chi connectivity index (χ0n) is 12.4. The summed E-state index contributed by atoms with van der Waals surface area (Å²) in [7, 11) is 0. The molecule has 114 valence electrons. The molecule has 3 atom stereocenters. The first kappa shape index (κ1) is 16.7. The summed E-state index contributed by atoms with van der Waals surface area (Å²) in [6.07, 6.45) is 4.93. The smallest absolute Gasteiger partial charge is 0.305 e. The van der Waals surface area contributed by atoms with Crippen LogP contribution in [0.1, 0.15) is 46.5 Å². The van der Waals surface area contributed by atoms with E-state index in [4.69, 9.17) is 9.47 Å². The number of carbonyl (C=O) groups excluding carboxylic acids is 2. The Labute approximate surface area is 119 Å². The zero-order valence-corrected chi connectivity index (χ0v) is 12.4. The van der Waals surface area contributed by atoms with E-state index in [1.807, 2.05) is 6.92 Å². The molecule has 1 rings (SSSR count). The Morgan fingerprint density at radius 2 is 2.15 bits per heavy atom. The molecule has 0 radical (unpaired) electrons. The first-order valence-electron chi connectivity index (χ1n) is 7.05. The number of cyclic esters (lactones) is 1. The second-order valence-corrected chi connectivity index (χ2v) is 5.64. The largest absolute Gasteiger partial charge is 0.465 e. The van der Waals surface area contributed by atoms with Gasteiger partial charge in [-0.05, 0) is 32.3 Å². The van der Waals surface area contributed by atoms with Gasteiger partial charge in [-0.2, -0.15) is 0 Å². The molecule has 0 spiro atoms. The van der Waals surface area contributed by atoms with Crippen molar-refractivity contribution in [2.75, 3.05) is 6.61 Å². The maximum atomic E-state index is 11.4. The molecule has 3 unspecified atom stereocenters. The lowest BCUT2D eigenvalue weighted by atomic mass is 9.91. The normalized spacial score (nSPS) is 34.3. The maximum absolute atomic E-state index is 11.4. The highest BCUT2D eigenvalue weighted by atomic mass is 16.6. The van der Waals surface area contributed by atoms with E-state index >= 15 is 0 Å². The van der Waals surface area contributed by atoms with Gasteiger partial charge >= 0.3 is 11.9 Å². The standard InChI is InChI=1S/C15H24O5/c1-11-7-8-13(20-12(2)16)15(3,18)9-5-4-6-14(17)19-10-11/h7-8,11,13,18H,4-6,9-10H2,1-3H3/b8-7-. The van der Waals surface area contributed by atoms with Gasteiger partial charge in [0.05, 0.1) is 6.61 Å². The lowest BCUT2D eigenvalue weighted by Gasteiger charge is -2.30. The molecule has 0 aliphatic carbocycles. The molecule has 1 heterocycles. The van der Waals surface area contributed by atoms with Gasteiger partial charge in [-0.25, -0.2) is 0 Å². The third-order valence-electron chi connectivity index (χ3n) is 3.34. The van der Waals surface area contributed by atoms with E-state index in [-0.39, 0.29) is 11.9 Å². The van der Waals surface area contributed by atoms with Crippen molar-refractivity contribution < 1.29 is 24.2 Å². The van der Waals surface area contributed by atoms with Crippen molar-refractivity contribution in [2.45, 2.75) is 58.2 Å². The highest BCUT2D eigenvalue weighted by Gasteiger charge is 2.32. The Morgan fingerprint density at radius 3 is 2.80 bits per heavy atom. The predicted molar refractivity (Wildman–Crippen MR) is 73.9 cm³/mol. The van der Waals surface area contributed by atoms with Crippen LogP contribution in [0.3, 0.4) is 0 Å². The second kappa shape index (κ2) is 7.43. The highest BCUT2D eigenvalue weighted by Crippen LogP contribution is 2.24. The summed E-state index contributed by atoms with van der Waals surface area (Å²) < 4.78 is 10.3. The van der Waals surface area contributed by atoms with Crippen LogP contribution in [-0.4, -0.2) is 35.4 Å². The van der Waals surface area contributed by atoms with Crippen LogP contribution in [0.15, 0.2) is 12.2 Å². The lowest BCUT2D eigenvalue weighted by molar-refractivity contribution is -0.156. The molecule has 0 bridgehead atoms. The van der Waals surface area contributed by atoms with E-state index in [0.29, 0.717) is 32.3 Å². The number of aliphatic hydroxyl groups is 1. The van der Waals surface area contributed by atoms with E-state index < -0.39 is 17.7 Å².